The Labute approximate surface area is 133 Å². The number of fused-ring (bicyclic) bond motifs is 1. The van der Waals surface area contributed by atoms with E-state index in [2.05, 4.69) is 5.32 Å². The number of hydrogen-bond acceptors (Lipinski definition) is 4. The summed E-state index contributed by atoms with van der Waals surface area (Å²) in [6.07, 6.45) is 0. The number of para-hydroxylation sites is 1. The van der Waals surface area contributed by atoms with Crippen molar-refractivity contribution in [3.63, 3.8) is 0 Å². The van der Waals surface area contributed by atoms with Crippen LogP contribution in [0.5, 0.6) is 11.5 Å². The lowest BCUT2D eigenvalue weighted by atomic mass is 10.1. The van der Waals surface area contributed by atoms with Crippen molar-refractivity contribution >= 4 is 16.9 Å². The normalized spacial score (nSPS) is 12.1. The lowest BCUT2D eigenvalue weighted by Crippen LogP contribution is -2.26. The average molecular weight is 311 g/mol. The molecular formula is C18H17NO4. The van der Waals surface area contributed by atoms with Crippen LogP contribution in [0.2, 0.25) is 0 Å². The molecule has 0 saturated heterocycles. The summed E-state index contributed by atoms with van der Waals surface area (Å²) in [5.74, 6) is 0.647. The number of hydrogen-bond donors (Lipinski definition) is 2. The average Bonchev–Trinajstić information content (AvgIpc) is 2.98. The van der Waals surface area contributed by atoms with Gasteiger partial charge in [0.25, 0.3) is 5.91 Å². The van der Waals surface area contributed by atoms with Crippen molar-refractivity contribution in [2.45, 2.75) is 13.0 Å². The van der Waals surface area contributed by atoms with Gasteiger partial charge < -0.3 is 19.6 Å². The van der Waals surface area contributed by atoms with E-state index in [-0.39, 0.29) is 23.3 Å². The van der Waals surface area contributed by atoms with E-state index >= 15 is 0 Å². The second-order valence-electron chi connectivity index (χ2n) is 5.26. The van der Waals surface area contributed by atoms with Crippen molar-refractivity contribution in [3.8, 4) is 11.5 Å². The number of carbonyl (C=O) groups excluding carboxylic acids is 1. The first kappa shape index (κ1) is 15.0. The van der Waals surface area contributed by atoms with E-state index in [1.165, 1.54) is 19.2 Å². The molecule has 1 aromatic heterocycles. The van der Waals surface area contributed by atoms with E-state index < -0.39 is 0 Å². The van der Waals surface area contributed by atoms with Crippen LogP contribution in [0, 0.1) is 0 Å². The summed E-state index contributed by atoms with van der Waals surface area (Å²) in [6, 6.07) is 13.8. The van der Waals surface area contributed by atoms with Crippen LogP contribution in [-0.4, -0.2) is 18.1 Å². The Morgan fingerprint density at radius 2 is 2.00 bits per heavy atom. The maximum Gasteiger partial charge on any atom is 0.255 e. The fraction of sp³-hybridized carbons (Fsp3) is 0.167. The lowest BCUT2D eigenvalue weighted by Gasteiger charge is -2.12. The van der Waals surface area contributed by atoms with E-state index in [0.717, 1.165) is 11.0 Å². The van der Waals surface area contributed by atoms with Gasteiger partial charge in [-0.1, -0.05) is 18.2 Å². The highest BCUT2D eigenvalue weighted by Gasteiger charge is 2.17. The second-order valence-corrected chi connectivity index (χ2v) is 5.26. The molecule has 0 radical (unpaired) electrons. The first-order valence-corrected chi connectivity index (χ1v) is 7.25. The molecule has 0 unspecified atom stereocenters. The monoisotopic (exact) mass is 311 g/mol. The topological polar surface area (TPSA) is 71.7 Å². The number of methoxy groups -OCH3 is 1. The summed E-state index contributed by atoms with van der Waals surface area (Å²) in [6.45, 7) is 1.83. The van der Waals surface area contributed by atoms with Crippen molar-refractivity contribution in [1.29, 1.82) is 0 Å². The Balaban J connectivity index is 1.79. The van der Waals surface area contributed by atoms with Gasteiger partial charge in [0.2, 0.25) is 0 Å². The summed E-state index contributed by atoms with van der Waals surface area (Å²) in [7, 11) is 1.50. The van der Waals surface area contributed by atoms with E-state index in [9.17, 15) is 9.90 Å². The maximum absolute atomic E-state index is 12.3. The molecule has 3 aromatic rings. The molecule has 23 heavy (non-hydrogen) atoms. The number of aromatic hydroxyl groups is 1. The van der Waals surface area contributed by atoms with Crippen LogP contribution in [0.4, 0.5) is 0 Å². The van der Waals surface area contributed by atoms with Crippen LogP contribution < -0.4 is 10.1 Å². The van der Waals surface area contributed by atoms with Gasteiger partial charge in [-0.25, -0.2) is 0 Å². The zero-order valence-corrected chi connectivity index (χ0v) is 12.9. The van der Waals surface area contributed by atoms with Crippen molar-refractivity contribution < 1.29 is 19.1 Å². The van der Waals surface area contributed by atoms with E-state index in [0.29, 0.717) is 11.5 Å². The van der Waals surface area contributed by atoms with Crippen LogP contribution in [0.15, 0.2) is 52.9 Å². The van der Waals surface area contributed by atoms with Gasteiger partial charge in [0.05, 0.1) is 18.7 Å². The van der Waals surface area contributed by atoms with Crippen LogP contribution in [0.25, 0.3) is 11.0 Å². The summed E-state index contributed by atoms with van der Waals surface area (Å²) in [4.78, 5) is 12.3. The fourth-order valence-electron chi connectivity index (χ4n) is 2.39. The van der Waals surface area contributed by atoms with Crippen molar-refractivity contribution in [2.75, 3.05) is 7.11 Å². The standard InChI is InChI=1S/C18H17NO4/c1-11(17-9-12-5-3-4-6-16(12)23-17)19-18(21)14-8-7-13(22-2)10-15(14)20/h3-11,20H,1-2H3,(H,19,21)/t11-/m1/s1. The summed E-state index contributed by atoms with van der Waals surface area (Å²) in [5, 5.41) is 13.7. The molecule has 118 valence electrons. The molecule has 0 aliphatic rings. The minimum atomic E-state index is -0.377. The predicted octanol–water partition coefficient (Wildman–Crippen LogP) is 3.64. The summed E-state index contributed by atoms with van der Waals surface area (Å²) in [5.41, 5.74) is 0.963. The number of nitrogens with one attached hydrogen (secondary N) is 1. The highest BCUT2D eigenvalue weighted by Crippen LogP contribution is 2.26. The fourth-order valence-corrected chi connectivity index (χ4v) is 2.39. The molecule has 2 aromatic carbocycles. The van der Waals surface area contributed by atoms with Crippen LogP contribution in [0.1, 0.15) is 29.1 Å². The summed E-state index contributed by atoms with van der Waals surface area (Å²) >= 11 is 0. The van der Waals surface area contributed by atoms with E-state index in [1.807, 2.05) is 37.3 Å². The highest BCUT2D eigenvalue weighted by atomic mass is 16.5. The molecule has 0 spiro atoms. The third-order valence-electron chi connectivity index (χ3n) is 3.67. The summed E-state index contributed by atoms with van der Waals surface area (Å²) < 4.78 is 10.7. The molecule has 2 N–H and O–H groups in total. The van der Waals surface area contributed by atoms with Gasteiger partial charge in [0.1, 0.15) is 22.8 Å². The number of furan rings is 1. The smallest absolute Gasteiger partial charge is 0.255 e. The molecule has 0 aliphatic carbocycles. The van der Waals surface area contributed by atoms with Gasteiger partial charge >= 0.3 is 0 Å². The van der Waals surface area contributed by atoms with Crippen LogP contribution in [-0.2, 0) is 0 Å². The number of rotatable bonds is 4. The van der Waals surface area contributed by atoms with Gasteiger partial charge in [-0.2, -0.15) is 0 Å². The lowest BCUT2D eigenvalue weighted by molar-refractivity contribution is 0.0933. The second kappa shape index (κ2) is 6.04. The van der Waals surface area contributed by atoms with Gasteiger partial charge in [-0.3, -0.25) is 4.79 Å². The third-order valence-corrected chi connectivity index (χ3v) is 3.67. The highest BCUT2D eigenvalue weighted by molar-refractivity contribution is 5.97. The largest absolute Gasteiger partial charge is 0.507 e. The SMILES string of the molecule is COc1ccc(C(=O)N[C@H](C)c2cc3ccccc3o2)c(O)c1. The molecule has 0 saturated carbocycles. The molecular weight excluding hydrogens is 294 g/mol. The van der Waals surface area contributed by atoms with Crippen LogP contribution in [0.3, 0.4) is 0 Å². The maximum atomic E-state index is 12.3. The minimum absolute atomic E-state index is 0.126. The molecule has 5 nitrogen and oxygen atoms in total. The first-order chi connectivity index (χ1) is 11.1. The quantitative estimate of drug-likeness (QED) is 0.771. The van der Waals surface area contributed by atoms with Crippen molar-refractivity contribution in [1.82, 2.24) is 5.32 Å². The molecule has 0 fully saturated rings. The predicted molar refractivity (Wildman–Crippen MR) is 86.8 cm³/mol. The van der Waals surface area contributed by atoms with Crippen molar-refractivity contribution in [3.05, 3.63) is 59.9 Å². The third kappa shape index (κ3) is 2.99. The molecule has 3 rings (SSSR count). The van der Waals surface area contributed by atoms with E-state index in [4.69, 9.17) is 9.15 Å². The molecule has 1 amide bonds. The zero-order chi connectivity index (χ0) is 16.4. The molecule has 5 heteroatoms. The Bertz CT molecular complexity index is 820. The number of phenols is 1. The Morgan fingerprint density at radius 1 is 1.22 bits per heavy atom. The van der Waals surface area contributed by atoms with Gasteiger partial charge in [-0.05, 0) is 31.2 Å². The van der Waals surface area contributed by atoms with Crippen LogP contribution >= 0.6 is 0 Å². The Morgan fingerprint density at radius 3 is 2.70 bits per heavy atom. The van der Waals surface area contributed by atoms with Gasteiger partial charge in [-0.15, -0.1) is 0 Å². The van der Waals surface area contributed by atoms with Crippen molar-refractivity contribution in [2.24, 2.45) is 0 Å². The van der Waals surface area contributed by atoms with Gasteiger partial charge in [0.15, 0.2) is 0 Å². The number of phenolic OH excluding ortho intramolecular Hbond substituents is 1. The van der Waals surface area contributed by atoms with Gasteiger partial charge in [0, 0.05) is 11.5 Å². The molecule has 0 bridgehead atoms. The number of amides is 1. The Hall–Kier alpha value is -2.95. The first-order valence-electron chi connectivity index (χ1n) is 7.25. The number of benzene rings is 2. The zero-order valence-electron chi connectivity index (χ0n) is 12.9. The minimum Gasteiger partial charge on any atom is -0.507 e. The molecule has 1 heterocycles. The molecule has 1 atom stereocenters. The molecule has 0 aliphatic heterocycles. The number of ether oxygens (including phenoxy) is 1. The van der Waals surface area contributed by atoms with E-state index in [1.54, 1.807) is 6.07 Å². The Kier molecular flexibility index (Phi) is 3.93. The number of carbonyl (C=O) groups is 1.